The first-order valence-electron chi connectivity index (χ1n) is 8.38. The van der Waals surface area contributed by atoms with Crippen LogP contribution in [0.3, 0.4) is 0 Å². The minimum atomic E-state index is 0.656. The number of hydrogen-bond donors (Lipinski definition) is 1. The second kappa shape index (κ2) is 9.73. The molecule has 19 heavy (non-hydrogen) atoms. The third-order valence-corrected chi connectivity index (χ3v) is 4.48. The van der Waals surface area contributed by atoms with E-state index in [1.165, 1.54) is 58.3 Å². The highest BCUT2D eigenvalue weighted by molar-refractivity contribution is 4.82. The van der Waals surface area contributed by atoms with Crippen molar-refractivity contribution in [2.24, 2.45) is 0 Å². The van der Waals surface area contributed by atoms with Crippen molar-refractivity contribution < 1.29 is 0 Å². The number of likely N-dealkylation sites (tertiary alicyclic amines) is 1. The lowest BCUT2D eigenvalue weighted by Crippen LogP contribution is -2.50. The van der Waals surface area contributed by atoms with Gasteiger partial charge in [-0.3, -0.25) is 0 Å². The topological polar surface area (TPSA) is 18.5 Å². The Morgan fingerprint density at radius 2 is 1.84 bits per heavy atom. The molecular formula is C16H35N3. The first-order valence-corrected chi connectivity index (χ1v) is 8.38. The molecular weight excluding hydrogens is 234 g/mol. The Hall–Kier alpha value is -0.120. The molecule has 1 aliphatic heterocycles. The minimum absolute atomic E-state index is 0.656. The van der Waals surface area contributed by atoms with E-state index in [1.54, 1.807) is 0 Å². The Morgan fingerprint density at radius 1 is 1.16 bits per heavy atom. The summed E-state index contributed by atoms with van der Waals surface area (Å²) in [5.74, 6) is 0. The maximum atomic E-state index is 3.69. The summed E-state index contributed by atoms with van der Waals surface area (Å²) in [6.07, 6.45) is 6.61. The van der Waals surface area contributed by atoms with Crippen LogP contribution in [0.25, 0.3) is 0 Å². The Morgan fingerprint density at radius 3 is 2.37 bits per heavy atom. The average molecular weight is 269 g/mol. The van der Waals surface area contributed by atoms with Gasteiger partial charge in [-0.05, 0) is 52.4 Å². The monoisotopic (exact) mass is 269 g/mol. The van der Waals surface area contributed by atoms with Gasteiger partial charge in [0.2, 0.25) is 0 Å². The summed E-state index contributed by atoms with van der Waals surface area (Å²) in [5, 5.41) is 3.69. The van der Waals surface area contributed by atoms with E-state index in [1.807, 2.05) is 0 Å². The van der Waals surface area contributed by atoms with Crippen LogP contribution in [0.2, 0.25) is 0 Å². The van der Waals surface area contributed by atoms with Crippen molar-refractivity contribution in [2.45, 2.75) is 65.0 Å². The second-order valence-electron chi connectivity index (χ2n) is 5.96. The lowest BCUT2D eigenvalue weighted by molar-refractivity contribution is 0.161. The van der Waals surface area contributed by atoms with Crippen LogP contribution in [0.15, 0.2) is 0 Å². The van der Waals surface area contributed by atoms with Crippen molar-refractivity contribution >= 4 is 0 Å². The van der Waals surface area contributed by atoms with Gasteiger partial charge in [-0.2, -0.15) is 0 Å². The molecule has 1 fully saturated rings. The number of hydrogen-bond acceptors (Lipinski definition) is 3. The Bertz CT molecular complexity index is 208. The predicted octanol–water partition coefficient (Wildman–Crippen LogP) is 2.57. The van der Waals surface area contributed by atoms with E-state index in [4.69, 9.17) is 0 Å². The van der Waals surface area contributed by atoms with E-state index >= 15 is 0 Å². The second-order valence-corrected chi connectivity index (χ2v) is 5.96. The van der Waals surface area contributed by atoms with E-state index in [0.29, 0.717) is 12.1 Å². The zero-order chi connectivity index (χ0) is 14.1. The zero-order valence-electron chi connectivity index (χ0n) is 13.6. The highest BCUT2D eigenvalue weighted by Gasteiger charge is 2.23. The fraction of sp³-hybridized carbons (Fsp3) is 1.00. The summed E-state index contributed by atoms with van der Waals surface area (Å²) in [4.78, 5) is 5.20. The summed E-state index contributed by atoms with van der Waals surface area (Å²) in [6, 6.07) is 1.34. The van der Waals surface area contributed by atoms with Crippen molar-refractivity contribution in [1.82, 2.24) is 15.1 Å². The van der Waals surface area contributed by atoms with Gasteiger partial charge in [0, 0.05) is 25.2 Å². The molecule has 0 radical (unpaired) electrons. The highest BCUT2D eigenvalue weighted by atomic mass is 15.2. The molecule has 0 bridgehead atoms. The van der Waals surface area contributed by atoms with Crippen LogP contribution >= 0.6 is 0 Å². The molecule has 1 aliphatic rings. The van der Waals surface area contributed by atoms with Gasteiger partial charge < -0.3 is 15.1 Å². The molecule has 1 N–H and O–H groups in total. The van der Waals surface area contributed by atoms with Crippen molar-refractivity contribution in [2.75, 3.05) is 39.8 Å². The largest absolute Gasteiger partial charge is 0.313 e. The quantitative estimate of drug-likeness (QED) is 0.657. The molecule has 1 saturated heterocycles. The third-order valence-electron chi connectivity index (χ3n) is 4.48. The molecule has 114 valence electrons. The van der Waals surface area contributed by atoms with Gasteiger partial charge >= 0.3 is 0 Å². The van der Waals surface area contributed by atoms with Gasteiger partial charge in [0.25, 0.3) is 0 Å². The van der Waals surface area contributed by atoms with Crippen molar-refractivity contribution in [3.63, 3.8) is 0 Å². The molecule has 0 aromatic rings. The first-order chi connectivity index (χ1) is 9.22. The highest BCUT2D eigenvalue weighted by Crippen LogP contribution is 2.13. The van der Waals surface area contributed by atoms with Gasteiger partial charge in [-0.1, -0.05) is 27.2 Å². The van der Waals surface area contributed by atoms with E-state index in [2.05, 4.69) is 42.9 Å². The smallest absolute Gasteiger partial charge is 0.0244 e. The number of nitrogens with one attached hydrogen (secondary N) is 1. The molecule has 3 heteroatoms. The first kappa shape index (κ1) is 16.9. The number of nitrogens with zero attached hydrogens (tertiary/aromatic N) is 2. The van der Waals surface area contributed by atoms with Gasteiger partial charge in [0.1, 0.15) is 0 Å². The van der Waals surface area contributed by atoms with Gasteiger partial charge in [-0.25, -0.2) is 0 Å². The molecule has 1 heterocycles. The van der Waals surface area contributed by atoms with Gasteiger partial charge in [0.15, 0.2) is 0 Å². The van der Waals surface area contributed by atoms with Crippen LogP contribution < -0.4 is 5.32 Å². The minimum Gasteiger partial charge on any atom is -0.313 e. The third kappa shape index (κ3) is 5.80. The zero-order valence-corrected chi connectivity index (χ0v) is 13.6. The SMILES string of the molecule is CCCC(NCC)C(CC)N(C)CCN1CCCC1. The maximum absolute atomic E-state index is 3.69. The summed E-state index contributed by atoms with van der Waals surface area (Å²) in [7, 11) is 2.31. The lowest BCUT2D eigenvalue weighted by atomic mass is 9.99. The average Bonchev–Trinajstić information content (AvgIpc) is 2.91. The number of rotatable bonds is 10. The van der Waals surface area contributed by atoms with Crippen LogP contribution in [0.4, 0.5) is 0 Å². The Kier molecular flexibility index (Phi) is 8.67. The fourth-order valence-corrected chi connectivity index (χ4v) is 3.38. The van der Waals surface area contributed by atoms with Crippen LogP contribution in [0.1, 0.15) is 52.9 Å². The summed E-state index contributed by atoms with van der Waals surface area (Å²) in [5.41, 5.74) is 0. The van der Waals surface area contributed by atoms with E-state index in [-0.39, 0.29) is 0 Å². The molecule has 2 atom stereocenters. The number of likely N-dealkylation sites (N-methyl/N-ethyl adjacent to an activating group) is 2. The van der Waals surface area contributed by atoms with Gasteiger partial charge in [-0.15, -0.1) is 0 Å². The van der Waals surface area contributed by atoms with Crippen molar-refractivity contribution in [3.8, 4) is 0 Å². The molecule has 0 aromatic heterocycles. The van der Waals surface area contributed by atoms with E-state index in [0.717, 1.165) is 6.54 Å². The Labute approximate surface area is 120 Å². The maximum Gasteiger partial charge on any atom is 0.0244 e. The van der Waals surface area contributed by atoms with Crippen LogP contribution in [-0.2, 0) is 0 Å². The lowest BCUT2D eigenvalue weighted by Gasteiger charge is -2.35. The molecule has 0 aliphatic carbocycles. The predicted molar refractivity (Wildman–Crippen MR) is 84.8 cm³/mol. The molecule has 0 saturated carbocycles. The van der Waals surface area contributed by atoms with Crippen LogP contribution in [0.5, 0.6) is 0 Å². The summed E-state index contributed by atoms with van der Waals surface area (Å²) >= 11 is 0. The molecule has 0 amide bonds. The molecule has 0 spiro atoms. The summed E-state index contributed by atoms with van der Waals surface area (Å²) < 4.78 is 0. The van der Waals surface area contributed by atoms with Crippen LogP contribution in [0, 0.1) is 0 Å². The molecule has 3 nitrogen and oxygen atoms in total. The van der Waals surface area contributed by atoms with Gasteiger partial charge in [0.05, 0.1) is 0 Å². The van der Waals surface area contributed by atoms with E-state index < -0.39 is 0 Å². The van der Waals surface area contributed by atoms with E-state index in [9.17, 15) is 0 Å². The summed E-state index contributed by atoms with van der Waals surface area (Å²) in [6.45, 7) is 13.0. The van der Waals surface area contributed by atoms with Crippen molar-refractivity contribution in [3.05, 3.63) is 0 Å². The fourth-order valence-electron chi connectivity index (χ4n) is 3.38. The normalized spacial score (nSPS) is 20.1. The Balaban J connectivity index is 2.40. The molecule has 2 unspecified atom stereocenters. The van der Waals surface area contributed by atoms with Crippen LogP contribution in [-0.4, -0.2) is 61.7 Å². The molecule has 1 rings (SSSR count). The van der Waals surface area contributed by atoms with Crippen molar-refractivity contribution in [1.29, 1.82) is 0 Å². The molecule has 0 aromatic carbocycles. The standard InChI is InChI=1S/C16H35N3/c1-5-10-15(17-7-3)16(6-2)18(4)13-14-19-11-8-9-12-19/h15-17H,5-14H2,1-4H3.